The molecule has 6 atom stereocenters. The van der Waals surface area contributed by atoms with E-state index >= 15 is 0 Å². The predicted molar refractivity (Wildman–Crippen MR) is 176 cm³/mol. The molecule has 0 radical (unpaired) electrons. The summed E-state index contributed by atoms with van der Waals surface area (Å²) < 4.78 is 0. The van der Waals surface area contributed by atoms with Gasteiger partial charge in [0.15, 0.2) is 0 Å². The molecule has 6 rings (SSSR count). The molecule has 242 valence electrons. The summed E-state index contributed by atoms with van der Waals surface area (Å²) in [5.74, 6) is 2.63. The molecule has 2 heterocycles. The summed E-state index contributed by atoms with van der Waals surface area (Å²) in [6.45, 7) is 1.10. The Morgan fingerprint density at radius 3 is 2.17 bits per heavy atom. The lowest BCUT2D eigenvalue weighted by atomic mass is 9.89. The molecule has 46 heavy (non-hydrogen) atoms. The Balaban J connectivity index is 1.23. The van der Waals surface area contributed by atoms with Crippen LogP contribution in [0, 0.1) is 30.1 Å². The van der Waals surface area contributed by atoms with E-state index in [1.165, 1.54) is 12.8 Å². The van der Waals surface area contributed by atoms with Crippen molar-refractivity contribution in [1.29, 1.82) is 0 Å². The number of carbonyl (C=O) groups excluding carboxylic acids is 4. The SMILES string of the molecule is C#CC[C@H](C[C@H](O)[C@H](Cc1ccccc1)NC(=O)c1cc(N2CCCC2=O)cc(N2CCCC2=O)c1)C(=O)NC1CC2CCC1C2. The number of carbonyl (C=O) groups is 4. The van der Waals surface area contributed by atoms with Gasteiger partial charge in [-0.2, -0.15) is 0 Å². The number of aliphatic hydroxyl groups is 1. The van der Waals surface area contributed by atoms with Crippen molar-refractivity contribution in [2.45, 2.75) is 88.8 Å². The quantitative estimate of drug-likeness (QED) is 0.309. The van der Waals surface area contributed by atoms with Crippen LogP contribution in [0.25, 0.3) is 0 Å². The minimum absolute atomic E-state index is 0.0168. The van der Waals surface area contributed by atoms with Crippen molar-refractivity contribution < 1.29 is 24.3 Å². The summed E-state index contributed by atoms with van der Waals surface area (Å²) in [5.41, 5.74) is 2.38. The number of rotatable bonds is 12. The lowest BCUT2D eigenvalue weighted by Gasteiger charge is -2.29. The van der Waals surface area contributed by atoms with Gasteiger partial charge in [0.1, 0.15) is 0 Å². The zero-order chi connectivity index (χ0) is 32.2. The number of hydrogen-bond donors (Lipinski definition) is 3. The predicted octanol–water partition coefficient (Wildman–Crippen LogP) is 3.98. The first-order valence-electron chi connectivity index (χ1n) is 16.8. The number of aliphatic hydroxyl groups excluding tert-OH is 1. The van der Waals surface area contributed by atoms with Gasteiger partial charge in [-0.3, -0.25) is 19.2 Å². The highest BCUT2D eigenvalue weighted by molar-refractivity contribution is 6.03. The number of fused-ring (bicyclic) bond motifs is 2. The third kappa shape index (κ3) is 7.13. The second-order valence-corrected chi connectivity index (χ2v) is 13.5. The largest absolute Gasteiger partial charge is 0.391 e. The molecule has 0 aromatic heterocycles. The van der Waals surface area contributed by atoms with Crippen molar-refractivity contribution in [2.24, 2.45) is 17.8 Å². The van der Waals surface area contributed by atoms with Crippen LogP contribution in [-0.2, 0) is 20.8 Å². The molecule has 4 aliphatic rings. The zero-order valence-electron chi connectivity index (χ0n) is 26.3. The molecular formula is C37H44N4O5. The number of terminal acetylenes is 1. The minimum atomic E-state index is -1.06. The summed E-state index contributed by atoms with van der Waals surface area (Å²) >= 11 is 0. The molecule has 3 unspecified atom stereocenters. The van der Waals surface area contributed by atoms with Gasteiger partial charge in [-0.1, -0.05) is 36.8 Å². The Labute approximate surface area is 271 Å². The third-order valence-corrected chi connectivity index (χ3v) is 10.3. The van der Waals surface area contributed by atoms with Crippen LogP contribution in [0.3, 0.4) is 0 Å². The summed E-state index contributed by atoms with van der Waals surface area (Å²) in [6, 6.07) is 14.2. The number of benzene rings is 2. The summed E-state index contributed by atoms with van der Waals surface area (Å²) in [5, 5.41) is 17.9. The third-order valence-electron chi connectivity index (χ3n) is 10.3. The maximum absolute atomic E-state index is 14.0. The van der Waals surface area contributed by atoms with Crippen molar-refractivity contribution in [3.63, 3.8) is 0 Å². The average Bonchev–Trinajstić information content (AvgIpc) is 3.87. The molecule has 4 fully saturated rings. The van der Waals surface area contributed by atoms with Gasteiger partial charge in [-0.25, -0.2) is 0 Å². The van der Waals surface area contributed by atoms with Gasteiger partial charge in [0.2, 0.25) is 17.7 Å². The average molecular weight is 625 g/mol. The minimum Gasteiger partial charge on any atom is -0.391 e. The van der Waals surface area contributed by atoms with E-state index in [9.17, 15) is 24.3 Å². The van der Waals surface area contributed by atoms with Crippen LogP contribution in [0.5, 0.6) is 0 Å². The van der Waals surface area contributed by atoms with Gasteiger partial charge in [-0.05, 0) is 80.5 Å². The van der Waals surface area contributed by atoms with Crippen LogP contribution in [-0.4, -0.2) is 60.0 Å². The molecule has 2 saturated carbocycles. The van der Waals surface area contributed by atoms with Crippen molar-refractivity contribution in [3.05, 3.63) is 59.7 Å². The highest BCUT2D eigenvalue weighted by Crippen LogP contribution is 2.44. The second-order valence-electron chi connectivity index (χ2n) is 13.5. The van der Waals surface area contributed by atoms with Gasteiger partial charge >= 0.3 is 0 Å². The molecule has 2 aromatic carbocycles. The summed E-state index contributed by atoms with van der Waals surface area (Å²) in [6.07, 6.45) is 12.1. The number of amides is 4. The molecule has 0 spiro atoms. The van der Waals surface area contributed by atoms with Gasteiger partial charge in [0, 0.05) is 55.3 Å². The molecule has 2 bridgehead atoms. The molecule has 9 nitrogen and oxygen atoms in total. The topological polar surface area (TPSA) is 119 Å². The Morgan fingerprint density at radius 1 is 0.957 bits per heavy atom. The zero-order valence-corrected chi connectivity index (χ0v) is 26.3. The van der Waals surface area contributed by atoms with E-state index in [-0.39, 0.29) is 36.6 Å². The van der Waals surface area contributed by atoms with Crippen LogP contribution in [0.15, 0.2) is 48.5 Å². The Hall–Kier alpha value is -4.16. The lowest BCUT2D eigenvalue weighted by Crippen LogP contribution is -2.48. The van der Waals surface area contributed by atoms with Crippen molar-refractivity contribution >= 4 is 35.0 Å². The molecule has 2 saturated heterocycles. The normalized spacial score (nSPS) is 24.1. The molecule has 2 aliphatic carbocycles. The maximum atomic E-state index is 14.0. The van der Waals surface area contributed by atoms with E-state index in [2.05, 4.69) is 16.6 Å². The molecular weight excluding hydrogens is 580 g/mol. The van der Waals surface area contributed by atoms with Crippen LogP contribution < -0.4 is 20.4 Å². The highest BCUT2D eigenvalue weighted by Gasteiger charge is 2.41. The van der Waals surface area contributed by atoms with E-state index < -0.39 is 24.0 Å². The van der Waals surface area contributed by atoms with E-state index in [1.807, 2.05) is 30.3 Å². The Morgan fingerprint density at radius 2 is 1.63 bits per heavy atom. The fourth-order valence-electron chi connectivity index (χ4n) is 7.89. The molecule has 9 heteroatoms. The number of anilines is 2. The maximum Gasteiger partial charge on any atom is 0.251 e. The van der Waals surface area contributed by atoms with Crippen molar-refractivity contribution in [2.75, 3.05) is 22.9 Å². The first-order chi connectivity index (χ1) is 22.3. The highest BCUT2D eigenvalue weighted by atomic mass is 16.3. The monoisotopic (exact) mass is 624 g/mol. The number of nitrogens with one attached hydrogen (secondary N) is 2. The van der Waals surface area contributed by atoms with Crippen LogP contribution >= 0.6 is 0 Å². The standard InChI is InChI=1S/C37H44N4O5/c1-2-8-27(36(45)38-31-19-25-13-14-26(31)17-25)22-33(42)32(18-24-9-4-3-5-10-24)39-37(46)28-20-29(40-15-6-11-34(40)43)23-30(21-28)41-16-7-12-35(41)44/h1,3-5,9-10,20-21,23,25-27,31-33,42H,6-8,11-19,22H2,(H,38,45)(H,39,46)/t25?,26?,27-,31?,32+,33+/m1/s1. The van der Waals surface area contributed by atoms with E-state index in [4.69, 9.17) is 6.42 Å². The van der Waals surface area contributed by atoms with E-state index in [1.54, 1.807) is 28.0 Å². The van der Waals surface area contributed by atoms with Gasteiger partial charge in [-0.15, -0.1) is 12.3 Å². The first-order valence-corrected chi connectivity index (χ1v) is 16.8. The molecule has 4 amide bonds. The number of nitrogens with zero attached hydrogens (tertiary/aromatic N) is 2. The van der Waals surface area contributed by atoms with Crippen molar-refractivity contribution in [1.82, 2.24) is 10.6 Å². The molecule has 2 aromatic rings. The molecule has 3 N–H and O–H groups in total. The fraction of sp³-hybridized carbons (Fsp3) is 0.514. The van der Waals surface area contributed by atoms with Crippen LogP contribution in [0.1, 0.15) is 80.1 Å². The van der Waals surface area contributed by atoms with Gasteiger partial charge in [0.05, 0.1) is 18.1 Å². The Bertz CT molecular complexity index is 1460. The van der Waals surface area contributed by atoms with E-state index in [0.29, 0.717) is 61.1 Å². The second kappa shape index (κ2) is 14.1. The lowest BCUT2D eigenvalue weighted by molar-refractivity contribution is -0.127. The van der Waals surface area contributed by atoms with E-state index in [0.717, 1.165) is 31.2 Å². The van der Waals surface area contributed by atoms with Crippen molar-refractivity contribution in [3.8, 4) is 12.3 Å². The smallest absolute Gasteiger partial charge is 0.251 e. The van der Waals surface area contributed by atoms with Gasteiger partial charge in [0.25, 0.3) is 5.91 Å². The number of hydrogen-bond acceptors (Lipinski definition) is 5. The Kier molecular flexibility index (Phi) is 9.74. The van der Waals surface area contributed by atoms with Crippen LogP contribution in [0.2, 0.25) is 0 Å². The first kappa shape index (κ1) is 31.8. The van der Waals surface area contributed by atoms with Gasteiger partial charge < -0.3 is 25.5 Å². The fourth-order valence-corrected chi connectivity index (χ4v) is 7.89. The summed E-state index contributed by atoms with van der Waals surface area (Å²) in [7, 11) is 0. The summed E-state index contributed by atoms with van der Waals surface area (Å²) in [4.78, 5) is 56.0. The molecule has 2 aliphatic heterocycles. The van der Waals surface area contributed by atoms with Crippen LogP contribution in [0.4, 0.5) is 11.4 Å².